The van der Waals surface area contributed by atoms with Crippen LogP contribution in [0.25, 0.3) is 0 Å². The minimum Gasteiger partial charge on any atom is -0.508 e. The number of phenolic OH excluding ortho intramolecular Hbond substituents is 2. The molecule has 3 nitrogen and oxygen atoms in total. The molecular formula is C15H22O3. The molecule has 0 aliphatic heterocycles. The Labute approximate surface area is 108 Å². The maximum absolute atomic E-state index is 12.1. The summed E-state index contributed by atoms with van der Waals surface area (Å²) >= 11 is 0. The number of Topliss-reactive ketones (excluding diaryl/α,β-unsaturated/α-hetero) is 1. The van der Waals surface area contributed by atoms with Gasteiger partial charge in [-0.3, -0.25) is 4.79 Å². The Morgan fingerprint density at radius 3 is 1.83 bits per heavy atom. The number of carbonyl (C=O) groups excluding carboxylic acids is 1. The molecule has 0 radical (unpaired) electrons. The van der Waals surface area contributed by atoms with Crippen LogP contribution >= 0.6 is 0 Å². The maximum Gasteiger partial charge on any atom is 0.172 e. The number of carbonyl (C=O) groups is 1. The van der Waals surface area contributed by atoms with E-state index in [0.717, 1.165) is 0 Å². The van der Waals surface area contributed by atoms with Gasteiger partial charge in [0.1, 0.15) is 11.5 Å². The monoisotopic (exact) mass is 250 g/mol. The molecule has 0 aliphatic carbocycles. The fourth-order valence-electron chi connectivity index (χ4n) is 1.76. The van der Waals surface area contributed by atoms with E-state index >= 15 is 0 Å². The van der Waals surface area contributed by atoms with Crippen LogP contribution in [0.3, 0.4) is 0 Å². The van der Waals surface area contributed by atoms with E-state index in [1.165, 1.54) is 12.1 Å². The fraction of sp³-hybridized carbons (Fsp3) is 0.533. The summed E-state index contributed by atoms with van der Waals surface area (Å²) in [5.41, 5.74) is -0.0728. The van der Waals surface area contributed by atoms with Crippen molar-refractivity contribution in [1.82, 2.24) is 0 Å². The maximum atomic E-state index is 12.1. The first-order valence-corrected chi connectivity index (χ1v) is 6.06. The molecule has 2 N–H and O–H groups in total. The molecule has 0 saturated carbocycles. The molecule has 0 bridgehead atoms. The van der Waals surface area contributed by atoms with Crippen LogP contribution in [-0.2, 0) is 5.41 Å². The molecule has 0 amide bonds. The Kier molecular flexibility index (Phi) is 3.48. The van der Waals surface area contributed by atoms with Crippen LogP contribution in [0, 0.1) is 5.41 Å². The number of rotatable bonds is 1. The first-order valence-electron chi connectivity index (χ1n) is 6.06. The summed E-state index contributed by atoms with van der Waals surface area (Å²) in [4.78, 5) is 12.1. The summed E-state index contributed by atoms with van der Waals surface area (Å²) in [6, 6.07) is 2.85. The lowest BCUT2D eigenvalue weighted by molar-refractivity contribution is 0.0855. The van der Waals surface area contributed by atoms with Gasteiger partial charge in [-0.15, -0.1) is 0 Å². The summed E-state index contributed by atoms with van der Waals surface area (Å²) in [6.45, 7) is 11.2. The second-order valence-corrected chi connectivity index (χ2v) is 6.72. The van der Waals surface area contributed by atoms with Crippen LogP contribution in [0.4, 0.5) is 0 Å². The summed E-state index contributed by atoms with van der Waals surface area (Å²) in [5.74, 6) is -0.207. The average Bonchev–Trinajstić information content (AvgIpc) is 2.16. The highest BCUT2D eigenvalue weighted by Gasteiger charge is 2.28. The minimum atomic E-state index is -0.590. The topological polar surface area (TPSA) is 57.5 Å². The van der Waals surface area contributed by atoms with E-state index in [9.17, 15) is 15.0 Å². The van der Waals surface area contributed by atoms with Crippen molar-refractivity contribution in [2.24, 2.45) is 5.41 Å². The Morgan fingerprint density at radius 2 is 1.44 bits per heavy atom. The largest absolute Gasteiger partial charge is 0.508 e. The summed E-state index contributed by atoms with van der Waals surface area (Å²) in [5, 5.41) is 20.0. The van der Waals surface area contributed by atoms with Crippen molar-refractivity contribution in [2.45, 2.75) is 47.0 Å². The van der Waals surface area contributed by atoms with Crippen LogP contribution in [0.15, 0.2) is 12.1 Å². The van der Waals surface area contributed by atoms with Gasteiger partial charge in [0, 0.05) is 11.0 Å². The molecule has 100 valence electrons. The van der Waals surface area contributed by atoms with Crippen LogP contribution < -0.4 is 0 Å². The molecule has 0 spiro atoms. The number of phenols is 2. The number of aromatic hydroxyl groups is 2. The highest BCUT2D eigenvalue weighted by atomic mass is 16.3. The zero-order chi connectivity index (χ0) is 14.3. The second-order valence-electron chi connectivity index (χ2n) is 6.72. The lowest BCUT2D eigenvalue weighted by atomic mass is 9.82. The van der Waals surface area contributed by atoms with Gasteiger partial charge in [-0.25, -0.2) is 0 Å². The van der Waals surface area contributed by atoms with Crippen molar-refractivity contribution in [1.29, 1.82) is 0 Å². The van der Waals surface area contributed by atoms with E-state index in [1.54, 1.807) is 20.8 Å². The average molecular weight is 250 g/mol. The molecule has 0 unspecified atom stereocenters. The molecule has 1 aromatic carbocycles. The van der Waals surface area contributed by atoms with Crippen LogP contribution in [0.2, 0.25) is 0 Å². The summed E-state index contributed by atoms with van der Waals surface area (Å²) in [6.07, 6.45) is 0. The van der Waals surface area contributed by atoms with E-state index < -0.39 is 5.41 Å². The van der Waals surface area contributed by atoms with E-state index in [0.29, 0.717) is 5.56 Å². The predicted molar refractivity (Wildman–Crippen MR) is 72.3 cm³/mol. The van der Waals surface area contributed by atoms with Crippen molar-refractivity contribution >= 4 is 5.78 Å². The Balaban J connectivity index is 3.37. The van der Waals surface area contributed by atoms with Gasteiger partial charge >= 0.3 is 0 Å². The number of benzene rings is 1. The smallest absolute Gasteiger partial charge is 0.172 e. The molecule has 0 atom stereocenters. The van der Waals surface area contributed by atoms with Gasteiger partial charge in [0.15, 0.2) is 5.78 Å². The van der Waals surface area contributed by atoms with Crippen molar-refractivity contribution in [2.75, 3.05) is 0 Å². The predicted octanol–water partition coefficient (Wildman–Crippen LogP) is 3.62. The number of ketones is 1. The third-order valence-electron chi connectivity index (χ3n) is 2.85. The van der Waals surface area contributed by atoms with Crippen molar-refractivity contribution in [3.63, 3.8) is 0 Å². The van der Waals surface area contributed by atoms with Gasteiger partial charge in [0.05, 0.1) is 5.56 Å². The Morgan fingerprint density at radius 1 is 0.944 bits per heavy atom. The third kappa shape index (κ3) is 2.84. The first kappa shape index (κ1) is 14.6. The van der Waals surface area contributed by atoms with E-state index in [-0.39, 0.29) is 28.3 Å². The fourth-order valence-corrected chi connectivity index (χ4v) is 1.76. The van der Waals surface area contributed by atoms with Gasteiger partial charge < -0.3 is 10.2 Å². The lowest BCUT2D eigenvalue weighted by Crippen LogP contribution is -2.21. The van der Waals surface area contributed by atoms with Crippen LogP contribution in [0.1, 0.15) is 57.5 Å². The molecular weight excluding hydrogens is 228 g/mol. The van der Waals surface area contributed by atoms with Gasteiger partial charge in [-0.1, -0.05) is 41.5 Å². The van der Waals surface area contributed by atoms with Crippen LogP contribution in [-0.4, -0.2) is 16.0 Å². The molecule has 1 rings (SSSR count). The minimum absolute atomic E-state index is 0.0490. The van der Waals surface area contributed by atoms with E-state index in [1.807, 2.05) is 20.8 Å². The van der Waals surface area contributed by atoms with Crippen molar-refractivity contribution in [3.05, 3.63) is 23.3 Å². The normalized spacial score (nSPS) is 12.6. The molecule has 3 heteroatoms. The van der Waals surface area contributed by atoms with Gasteiger partial charge in [-0.2, -0.15) is 0 Å². The first-order chi connectivity index (χ1) is 7.94. The third-order valence-corrected chi connectivity index (χ3v) is 2.85. The molecule has 0 aliphatic rings. The van der Waals surface area contributed by atoms with E-state index in [2.05, 4.69) is 0 Å². The molecule has 0 aromatic heterocycles. The summed E-state index contributed by atoms with van der Waals surface area (Å²) in [7, 11) is 0. The second kappa shape index (κ2) is 4.30. The van der Waals surface area contributed by atoms with Crippen molar-refractivity contribution < 1.29 is 15.0 Å². The van der Waals surface area contributed by atoms with E-state index in [4.69, 9.17) is 0 Å². The zero-order valence-corrected chi connectivity index (χ0v) is 12.0. The highest BCUT2D eigenvalue weighted by molar-refractivity contribution is 6.02. The van der Waals surface area contributed by atoms with Gasteiger partial charge in [0.25, 0.3) is 0 Å². The standard InChI is InChI=1S/C15H22O3/c1-14(2,3)10-8-11(16)9(7-12(10)17)13(18)15(4,5)6/h7-8,16-17H,1-6H3. The SMILES string of the molecule is CC(C)(C)C(=O)c1cc(O)c(C(C)(C)C)cc1O. The molecule has 0 heterocycles. The highest BCUT2D eigenvalue weighted by Crippen LogP contribution is 2.37. The van der Waals surface area contributed by atoms with Crippen LogP contribution in [0.5, 0.6) is 11.5 Å². The molecule has 0 saturated heterocycles. The number of hydrogen-bond donors (Lipinski definition) is 2. The van der Waals surface area contributed by atoms with Crippen molar-refractivity contribution in [3.8, 4) is 11.5 Å². The molecule has 1 aromatic rings. The molecule has 18 heavy (non-hydrogen) atoms. The molecule has 0 fully saturated rings. The zero-order valence-electron chi connectivity index (χ0n) is 12.0. The number of hydrogen-bond acceptors (Lipinski definition) is 3. The van der Waals surface area contributed by atoms with Gasteiger partial charge in [-0.05, 0) is 17.5 Å². The Hall–Kier alpha value is -1.51. The quantitative estimate of drug-likeness (QED) is 0.591. The summed E-state index contributed by atoms with van der Waals surface area (Å²) < 4.78 is 0. The Bertz CT molecular complexity index is 474. The van der Waals surface area contributed by atoms with Gasteiger partial charge in [0.2, 0.25) is 0 Å². The lowest BCUT2D eigenvalue weighted by Gasteiger charge is -2.23.